The minimum Gasteiger partial charge on any atom is -0.505 e. The molecule has 0 saturated carbocycles. The molecule has 41 heavy (non-hydrogen) atoms. The van der Waals surface area contributed by atoms with E-state index >= 15 is 0 Å². The summed E-state index contributed by atoms with van der Waals surface area (Å²) in [6.45, 7) is 1.74. The number of benzene rings is 2. The molecule has 12 heteroatoms. The minimum atomic E-state index is -0.979. The summed E-state index contributed by atoms with van der Waals surface area (Å²) in [5.74, 6) is -0.884. The van der Waals surface area contributed by atoms with Gasteiger partial charge < -0.3 is 9.84 Å². The highest BCUT2D eigenvalue weighted by molar-refractivity contribution is 8.00. The normalized spacial score (nSPS) is 16.6. The van der Waals surface area contributed by atoms with Crippen LogP contribution in [0.2, 0.25) is 5.02 Å². The zero-order valence-electron chi connectivity index (χ0n) is 21.8. The number of ether oxygens (including phenoxy) is 1. The van der Waals surface area contributed by atoms with Crippen molar-refractivity contribution in [3.8, 4) is 5.75 Å². The Morgan fingerprint density at radius 3 is 2.71 bits per heavy atom. The molecular weight excluding hydrogens is 582 g/mol. The number of aliphatic hydroxyl groups excluding tert-OH is 1. The van der Waals surface area contributed by atoms with E-state index in [2.05, 4.69) is 15.2 Å². The number of thioether (sulfide) groups is 1. The maximum atomic E-state index is 13.6. The van der Waals surface area contributed by atoms with Gasteiger partial charge in [-0.05, 0) is 48.4 Å². The van der Waals surface area contributed by atoms with Crippen LogP contribution >= 0.6 is 34.7 Å². The Morgan fingerprint density at radius 1 is 1.10 bits per heavy atom. The third-order valence-electron chi connectivity index (χ3n) is 6.69. The van der Waals surface area contributed by atoms with Crippen molar-refractivity contribution in [2.45, 2.75) is 23.1 Å². The standard InChI is InChI=1S/C29H22ClN5O4S2/c1-16-23(34-13-6-5-12-21(34)31-16)25(36)22-24(17-9-7-10-19(14-17)39-2)35(27(38)26(22)37)28-32-33-29(41-28)40-15-18-8-3-4-11-20(18)30/h3-14,24,36H,15H2,1-2H3/b25-22+. The Morgan fingerprint density at radius 2 is 1.90 bits per heavy atom. The topological polar surface area (TPSA) is 110 Å². The Hall–Kier alpha value is -4.19. The number of hydrogen-bond acceptors (Lipinski definition) is 9. The van der Waals surface area contributed by atoms with Gasteiger partial charge in [0.25, 0.3) is 5.78 Å². The number of methoxy groups -OCH3 is 1. The van der Waals surface area contributed by atoms with Gasteiger partial charge in [-0.2, -0.15) is 0 Å². The fraction of sp³-hybridized carbons (Fsp3) is 0.138. The van der Waals surface area contributed by atoms with Crippen molar-refractivity contribution in [2.75, 3.05) is 12.0 Å². The van der Waals surface area contributed by atoms with Crippen molar-refractivity contribution < 1.29 is 19.4 Å². The van der Waals surface area contributed by atoms with Crippen LogP contribution in [0.3, 0.4) is 0 Å². The molecule has 6 rings (SSSR count). The van der Waals surface area contributed by atoms with Crippen LogP contribution in [-0.2, 0) is 15.3 Å². The maximum Gasteiger partial charge on any atom is 0.301 e. The third kappa shape index (κ3) is 4.86. The molecule has 0 aliphatic carbocycles. The van der Waals surface area contributed by atoms with Crippen molar-refractivity contribution in [2.24, 2.45) is 0 Å². The second-order valence-electron chi connectivity index (χ2n) is 9.15. The second kappa shape index (κ2) is 11.0. The second-order valence-corrected chi connectivity index (χ2v) is 11.7. The van der Waals surface area contributed by atoms with Crippen LogP contribution in [-0.4, -0.2) is 43.5 Å². The molecule has 1 atom stereocenters. The number of carbonyl (C=O) groups is 2. The molecule has 1 unspecified atom stereocenters. The van der Waals surface area contributed by atoms with Crippen LogP contribution in [0.25, 0.3) is 11.4 Å². The first kappa shape index (κ1) is 27.0. The zero-order chi connectivity index (χ0) is 28.7. The fourth-order valence-electron chi connectivity index (χ4n) is 4.80. The highest BCUT2D eigenvalue weighted by Gasteiger charge is 2.49. The Balaban J connectivity index is 1.45. The molecule has 1 N–H and O–H groups in total. The van der Waals surface area contributed by atoms with Gasteiger partial charge >= 0.3 is 5.91 Å². The number of imidazole rings is 1. The molecule has 206 valence electrons. The lowest BCUT2D eigenvalue weighted by Crippen LogP contribution is -2.29. The molecule has 1 aliphatic heterocycles. The lowest BCUT2D eigenvalue weighted by Gasteiger charge is -2.22. The van der Waals surface area contributed by atoms with Gasteiger partial charge in [-0.25, -0.2) is 4.98 Å². The van der Waals surface area contributed by atoms with Crippen LogP contribution in [0, 0.1) is 6.92 Å². The Labute approximate surface area is 248 Å². The molecule has 0 spiro atoms. The Kier molecular flexibility index (Phi) is 7.24. The van der Waals surface area contributed by atoms with E-state index in [1.165, 1.54) is 35.1 Å². The summed E-state index contributed by atoms with van der Waals surface area (Å²) in [6.07, 6.45) is 1.74. The number of aliphatic hydroxyl groups is 1. The molecule has 1 saturated heterocycles. The first-order chi connectivity index (χ1) is 19.9. The van der Waals surface area contributed by atoms with Crippen LogP contribution in [0.1, 0.15) is 28.6 Å². The number of hydrogen-bond donors (Lipinski definition) is 1. The van der Waals surface area contributed by atoms with E-state index in [1.807, 2.05) is 30.3 Å². The number of pyridine rings is 1. The van der Waals surface area contributed by atoms with Gasteiger partial charge in [0.05, 0.1) is 24.4 Å². The van der Waals surface area contributed by atoms with Gasteiger partial charge in [0.15, 0.2) is 10.1 Å². The van der Waals surface area contributed by atoms with E-state index in [1.54, 1.807) is 53.9 Å². The number of halogens is 1. The lowest BCUT2D eigenvalue weighted by molar-refractivity contribution is -0.132. The van der Waals surface area contributed by atoms with E-state index in [4.69, 9.17) is 16.3 Å². The number of amides is 1. The molecule has 9 nitrogen and oxygen atoms in total. The average molecular weight is 604 g/mol. The van der Waals surface area contributed by atoms with Gasteiger partial charge in [0.2, 0.25) is 5.13 Å². The summed E-state index contributed by atoms with van der Waals surface area (Å²) in [7, 11) is 1.53. The monoisotopic (exact) mass is 603 g/mol. The van der Waals surface area contributed by atoms with Crippen molar-refractivity contribution in [1.29, 1.82) is 0 Å². The first-order valence-electron chi connectivity index (χ1n) is 12.5. The lowest BCUT2D eigenvalue weighted by atomic mass is 9.96. The smallest absolute Gasteiger partial charge is 0.301 e. The summed E-state index contributed by atoms with van der Waals surface area (Å²) in [5, 5.41) is 21.1. The fourth-order valence-corrected chi connectivity index (χ4v) is 6.95. The van der Waals surface area contributed by atoms with E-state index in [0.717, 1.165) is 5.56 Å². The van der Waals surface area contributed by atoms with Gasteiger partial charge in [-0.1, -0.05) is 71.1 Å². The molecule has 0 bridgehead atoms. The number of rotatable bonds is 7. The molecular formula is C29H22ClN5O4S2. The van der Waals surface area contributed by atoms with Crippen molar-refractivity contribution in [1.82, 2.24) is 19.6 Å². The van der Waals surface area contributed by atoms with Gasteiger partial charge in [0, 0.05) is 17.0 Å². The zero-order valence-corrected chi connectivity index (χ0v) is 24.2. The van der Waals surface area contributed by atoms with E-state index in [0.29, 0.717) is 43.5 Å². The van der Waals surface area contributed by atoms with Crippen LogP contribution in [0.15, 0.2) is 82.8 Å². The molecule has 0 radical (unpaired) electrons. The van der Waals surface area contributed by atoms with Crippen molar-refractivity contribution in [3.05, 3.63) is 106 Å². The number of fused-ring (bicyclic) bond motifs is 1. The summed E-state index contributed by atoms with van der Waals surface area (Å²) >= 11 is 8.91. The molecule has 1 amide bonds. The number of ketones is 1. The SMILES string of the molecule is COc1cccc(C2/C(=C(\O)c3c(C)nc4ccccn34)C(=O)C(=O)N2c2nnc(SCc3ccccc3Cl)s2)c1. The molecule has 2 aromatic carbocycles. The minimum absolute atomic E-state index is 0.0718. The van der Waals surface area contributed by atoms with Crippen LogP contribution in [0.4, 0.5) is 5.13 Å². The number of nitrogens with zero attached hydrogens (tertiary/aromatic N) is 5. The van der Waals surface area contributed by atoms with E-state index < -0.39 is 17.7 Å². The maximum absolute atomic E-state index is 13.6. The molecule has 1 fully saturated rings. The number of anilines is 1. The number of Topliss-reactive ketones (excluding diaryl/α,β-unsaturated/α-hetero) is 1. The van der Waals surface area contributed by atoms with Gasteiger partial charge in [-0.15, -0.1) is 10.2 Å². The quantitative estimate of drug-likeness (QED) is 0.0784. The number of aromatic nitrogens is 4. The summed E-state index contributed by atoms with van der Waals surface area (Å²) in [4.78, 5) is 33.0. The van der Waals surface area contributed by atoms with Crippen molar-refractivity contribution >= 4 is 62.9 Å². The van der Waals surface area contributed by atoms with Gasteiger partial charge in [-0.3, -0.25) is 18.9 Å². The summed E-state index contributed by atoms with van der Waals surface area (Å²) < 4.78 is 7.71. The predicted molar refractivity (Wildman–Crippen MR) is 159 cm³/mol. The third-order valence-corrected chi connectivity index (χ3v) is 9.17. The van der Waals surface area contributed by atoms with Crippen LogP contribution < -0.4 is 9.64 Å². The van der Waals surface area contributed by atoms with Crippen molar-refractivity contribution in [3.63, 3.8) is 0 Å². The van der Waals surface area contributed by atoms with E-state index in [-0.39, 0.29) is 16.5 Å². The summed E-state index contributed by atoms with van der Waals surface area (Å²) in [6, 6.07) is 19.0. The predicted octanol–water partition coefficient (Wildman–Crippen LogP) is 6.07. The number of carbonyl (C=O) groups excluding carboxylic acids is 2. The Bertz CT molecular complexity index is 1850. The molecule has 5 aromatic rings. The highest BCUT2D eigenvalue weighted by Crippen LogP contribution is 2.45. The largest absolute Gasteiger partial charge is 0.505 e. The molecule has 4 heterocycles. The molecule has 1 aliphatic rings. The summed E-state index contributed by atoms with van der Waals surface area (Å²) in [5.41, 5.74) is 2.88. The highest BCUT2D eigenvalue weighted by atomic mass is 35.5. The average Bonchev–Trinajstić information content (AvgIpc) is 3.66. The number of aryl methyl sites for hydroxylation is 1. The van der Waals surface area contributed by atoms with E-state index in [9.17, 15) is 14.7 Å². The van der Waals surface area contributed by atoms with Crippen LogP contribution in [0.5, 0.6) is 5.75 Å². The van der Waals surface area contributed by atoms with Gasteiger partial charge in [0.1, 0.15) is 17.1 Å². The molecule has 3 aromatic heterocycles. The first-order valence-corrected chi connectivity index (χ1v) is 14.6.